The third-order valence-electron chi connectivity index (χ3n) is 3.17. The molecule has 6 nitrogen and oxygen atoms in total. The van der Waals surface area contributed by atoms with E-state index in [-0.39, 0.29) is 30.0 Å². The molecule has 3 aromatic rings. The Labute approximate surface area is 131 Å². The Morgan fingerprint density at radius 2 is 1.83 bits per heavy atom. The van der Waals surface area contributed by atoms with Crippen LogP contribution in [0.5, 0.6) is 0 Å². The van der Waals surface area contributed by atoms with E-state index >= 15 is 0 Å². The van der Waals surface area contributed by atoms with E-state index in [1.165, 1.54) is 12.1 Å². The van der Waals surface area contributed by atoms with Crippen molar-refractivity contribution in [3.05, 3.63) is 66.0 Å². The summed E-state index contributed by atoms with van der Waals surface area (Å²) in [6.45, 7) is 0. The van der Waals surface area contributed by atoms with Gasteiger partial charge in [0.05, 0.1) is 6.42 Å². The zero-order valence-corrected chi connectivity index (χ0v) is 12.1. The van der Waals surface area contributed by atoms with Gasteiger partial charge in [-0.15, -0.1) is 5.10 Å². The van der Waals surface area contributed by atoms with Crippen LogP contribution in [-0.4, -0.2) is 20.7 Å². The van der Waals surface area contributed by atoms with Gasteiger partial charge in [-0.25, -0.2) is 4.39 Å². The van der Waals surface area contributed by atoms with E-state index in [9.17, 15) is 9.18 Å². The molecule has 0 spiro atoms. The van der Waals surface area contributed by atoms with Gasteiger partial charge in [0, 0.05) is 5.69 Å². The summed E-state index contributed by atoms with van der Waals surface area (Å²) >= 11 is 0. The molecule has 0 fully saturated rings. The zero-order chi connectivity index (χ0) is 16.2. The lowest BCUT2D eigenvalue weighted by molar-refractivity contribution is 0.0901. The minimum absolute atomic E-state index is 0.00413. The molecule has 1 aromatic heterocycles. The number of halogens is 1. The highest BCUT2D eigenvalue weighted by Crippen LogP contribution is 2.14. The maximum absolute atomic E-state index is 12.9. The molecule has 1 heterocycles. The van der Waals surface area contributed by atoms with E-state index in [0.29, 0.717) is 5.56 Å². The predicted octanol–water partition coefficient (Wildman–Crippen LogP) is 2.63. The van der Waals surface area contributed by atoms with Crippen LogP contribution >= 0.6 is 0 Å². The first-order valence-corrected chi connectivity index (χ1v) is 6.94. The number of anilines is 3. The van der Waals surface area contributed by atoms with E-state index in [1.807, 2.05) is 30.3 Å². The number of nitrogen functional groups attached to an aromatic ring is 1. The van der Waals surface area contributed by atoms with Crippen molar-refractivity contribution in [3.63, 3.8) is 0 Å². The zero-order valence-electron chi connectivity index (χ0n) is 12.1. The van der Waals surface area contributed by atoms with Gasteiger partial charge >= 0.3 is 0 Å². The number of carbonyl (C=O) groups is 1. The highest BCUT2D eigenvalue weighted by molar-refractivity contribution is 5.83. The van der Waals surface area contributed by atoms with Crippen LogP contribution in [0.4, 0.5) is 22.0 Å². The van der Waals surface area contributed by atoms with Gasteiger partial charge in [-0.3, -0.25) is 4.79 Å². The van der Waals surface area contributed by atoms with Crippen molar-refractivity contribution in [2.24, 2.45) is 0 Å². The fourth-order valence-corrected chi connectivity index (χ4v) is 2.06. The van der Waals surface area contributed by atoms with Crippen LogP contribution in [0.3, 0.4) is 0 Å². The molecule has 0 saturated carbocycles. The molecular weight excluding hydrogens is 297 g/mol. The van der Waals surface area contributed by atoms with Crippen LogP contribution in [0.2, 0.25) is 0 Å². The molecule has 0 saturated heterocycles. The average Bonchev–Trinajstić information content (AvgIpc) is 2.91. The molecule has 3 N–H and O–H groups in total. The molecule has 0 aliphatic rings. The number of aromatic nitrogens is 3. The molecular formula is C16H14FN5O. The van der Waals surface area contributed by atoms with Crippen LogP contribution in [0.1, 0.15) is 10.4 Å². The molecule has 0 bridgehead atoms. The number of hydrogen-bond acceptors (Lipinski definition) is 5. The van der Waals surface area contributed by atoms with E-state index in [2.05, 4.69) is 15.4 Å². The maximum atomic E-state index is 12.9. The third kappa shape index (κ3) is 3.52. The molecule has 7 heteroatoms. The van der Waals surface area contributed by atoms with Gasteiger partial charge in [-0.2, -0.15) is 9.67 Å². The van der Waals surface area contributed by atoms with Gasteiger partial charge in [-0.05, 0) is 29.8 Å². The van der Waals surface area contributed by atoms with Crippen LogP contribution in [-0.2, 0) is 6.42 Å². The summed E-state index contributed by atoms with van der Waals surface area (Å²) in [6, 6.07) is 15.0. The Bertz CT molecular complexity index is 814. The first-order chi connectivity index (χ1) is 11.1. The van der Waals surface area contributed by atoms with E-state index in [1.54, 1.807) is 12.1 Å². The molecule has 0 unspecified atom stereocenters. The monoisotopic (exact) mass is 311 g/mol. The van der Waals surface area contributed by atoms with Gasteiger partial charge in [0.1, 0.15) is 5.82 Å². The number of para-hydroxylation sites is 1. The lowest BCUT2D eigenvalue weighted by atomic mass is 10.1. The molecule has 0 amide bonds. The van der Waals surface area contributed by atoms with Crippen molar-refractivity contribution in [1.82, 2.24) is 14.8 Å². The summed E-state index contributed by atoms with van der Waals surface area (Å²) < 4.78 is 13.9. The standard InChI is InChI=1S/C16H14FN5O/c17-12-8-6-11(7-9-12)10-14(23)22-15(18)20-16(21-22)19-13-4-2-1-3-5-13/h1-9H,10H2,(H3,18,19,20,21). The van der Waals surface area contributed by atoms with Gasteiger partial charge in [0.15, 0.2) is 0 Å². The molecule has 2 aromatic carbocycles. The van der Waals surface area contributed by atoms with E-state index in [4.69, 9.17) is 5.73 Å². The summed E-state index contributed by atoms with van der Waals surface area (Å²) in [7, 11) is 0. The van der Waals surface area contributed by atoms with Crippen molar-refractivity contribution < 1.29 is 9.18 Å². The Morgan fingerprint density at radius 1 is 1.13 bits per heavy atom. The summed E-state index contributed by atoms with van der Waals surface area (Å²) in [6.07, 6.45) is 0.0542. The maximum Gasteiger partial charge on any atom is 0.254 e. The Balaban J connectivity index is 1.75. The highest BCUT2D eigenvalue weighted by Gasteiger charge is 2.14. The fraction of sp³-hybridized carbons (Fsp3) is 0.0625. The minimum atomic E-state index is -0.351. The second kappa shape index (κ2) is 6.27. The van der Waals surface area contributed by atoms with E-state index in [0.717, 1.165) is 10.4 Å². The topological polar surface area (TPSA) is 85.8 Å². The summed E-state index contributed by atoms with van der Waals surface area (Å²) in [5.41, 5.74) is 7.20. The van der Waals surface area contributed by atoms with Crippen molar-refractivity contribution in [1.29, 1.82) is 0 Å². The molecule has 0 atom stereocenters. The Morgan fingerprint density at radius 3 is 2.52 bits per heavy atom. The lowest BCUT2D eigenvalue weighted by Crippen LogP contribution is -2.17. The predicted molar refractivity (Wildman–Crippen MR) is 84.9 cm³/mol. The molecule has 0 aliphatic heterocycles. The van der Waals surface area contributed by atoms with Crippen LogP contribution in [0, 0.1) is 5.82 Å². The lowest BCUT2D eigenvalue weighted by Gasteiger charge is -2.02. The van der Waals surface area contributed by atoms with Gasteiger partial charge in [-0.1, -0.05) is 30.3 Å². The number of benzene rings is 2. The third-order valence-corrected chi connectivity index (χ3v) is 3.17. The summed E-state index contributed by atoms with van der Waals surface area (Å²) in [4.78, 5) is 16.3. The number of nitrogens with two attached hydrogens (primary N) is 1. The molecule has 0 radical (unpaired) electrons. The first kappa shape index (κ1) is 14.7. The van der Waals surface area contributed by atoms with Crippen molar-refractivity contribution in [2.45, 2.75) is 6.42 Å². The van der Waals surface area contributed by atoms with Crippen molar-refractivity contribution in [2.75, 3.05) is 11.1 Å². The minimum Gasteiger partial charge on any atom is -0.368 e. The number of nitrogens with zero attached hydrogens (tertiary/aromatic N) is 3. The molecule has 0 aliphatic carbocycles. The second-order valence-corrected chi connectivity index (χ2v) is 4.89. The molecule has 116 valence electrons. The van der Waals surface area contributed by atoms with Crippen molar-refractivity contribution >= 4 is 23.5 Å². The number of nitrogens with one attached hydrogen (secondary N) is 1. The van der Waals surface area contributed by atoms with Gasteiger partial charge < -0.3 is 11.1 Å². The van der Waals surface area contributed by atoms with Gasteiger partial charge in [0.25, 0.3) is 5.91 Å². The number of rotatable bonds is 4. The highest BCUT2D eigenvalue weighted by atomic mass is 19.1. The average molecular weight is 311 g/mol. The largest absolute Gasteiger partial charge is 0.368 e. The smallest absolute Gasteiger partial charge is 0.254 e. The van der Waals surface area contributed by atoms with E-state index < -0.39 is 0 Å². The van der Waals surface area contributed by atoms with Crippen LogP contribution in [0.15, 0.2) is 54.6 Å². The quantitative estimate of drug-likeness (QED) is 0.773. The Kier molecular flexibility index (Phi) is 4.01. The van der Waals surface area contributed by atoms with Gasteiger partial charge in [0.2, 0.25) is 11.9 Å². The number of carbonyl (C=O) groups excluding carboxylic acids is 1. The second-order valence-electron chi connectivity index (χ2n) is 4.89. The summed E-state index contributed by atoms with van der Waals surface area (Å²) in [5, 5.41) is 7.03. The first-order valence-electron chi connectivity index (χ1n) is 6.94. The molecule has 23 heavy (non-hydrogen) atoms. The van der Waals surface area contributed by atoms with Crippen LogP contribution < -0.4 is 11.1 Å². The van der Waals surface area contributed by atoms with Crippen molar-refractivity contribution in [3.8, 4) is 0 Å². The molecule has 3 rings (SSSR count). The normalized spacial score (nSPS) is 10.5. The SMILES string of the molecule is Nc1nc(Nc2ccccc2)nn1C(=O)Cc1ccc(F)cc1. The van der Waals surface area contributed by atoms with Crippen LogP contribution in [0.25, 0.3) is 0 Å². The fourth-order valence-electron chi connectivity index (χ4n) is 2.06. The summed E-state index contributed by atoms with van der Waals surface area (Å²) in [5.74, 6) is -0.463. The number of hydrogen-bond donors (Lipinski definition) is 2. The Hall–Kier alpha value is -3.22.